The van der Waals surface area contributed by atoms with Crippen LogP contribution in [0.1, 0.15) is 11.3 Å². The molecule has 1 rings (SSSR count). The first-order valence-corrected chi connectivity index (χ1v) is 3.96. The normalized spacial score (nSPS) is 11.1. The molecule has 12 heavy (non-hydrogen) atoms. The van der Waals surface area contributed by atoms with Gasteiger partial charge in [-0.25, -0.2) is 8.78 Å². The standard InChI is InChI=1S/C7H10F2N2S/c1-4-5(3-6(8)9)10-11(2)7(4)12/h6,10H,3H2,1-2H3. The van der Waals surface area contributed by atoms with Crippen LogP contribution in [0.5, 0.6) is 0 Å². The van der Waals surface area contributed by atoms with Crippen LogP contribution in [0.3, 0.4) is 0 Å². The summed E-state index contributed by atoms with van der Waals surface area (Å²) < 4.78 is 26.1. The lowest BCUT2D eigenvalue weighted by Crippen LogP contribution is -1.99. The number of rotatable bonds is 2. The third kappa shape index (κ3) is 1.72. The highest BCUT2D eigenvalue weighted by atomic mass is 32.1. The number of halogens is 2. The molecule has 1 N–H and O–H groups in total. The predicted octanol–water partition coefficient (Wildman–Crippen LogP) is 2.20. The van der Waals surface area contributed by atoms with Crippen LogP contribution in [-0.2, 0) is 13.5 Å². The van der Waals surface area contributed by atoms with Crippen molar-refractivity contribution in [1.82, 2.24) is 9.78 Å². The van der Waals surface area contributed by atoms with Crippen molar-refractivity contribution in [3.05, 3.63) is 15.9 Å². The Morgan fingerprint density at radius 2 is 2.17 bits per heavy atom. The number of alkyl halides is 2. The molecule has 2 nitrogen and oxygen atoms in total. The zero-order valence-corrected chi connectivity index (χ0v) is 7.71. The van der Waals surface area contributed by atoms with Gasteiger partial charge in [-0.3, -0.25) is 4.68 Å². The molecule has 0 fully saturated rings. The molecular weight excluding hydrogens is 182 g/mol. The fourth-order valence-corrected chi connectivity index (χ4v) is 1.24. The van der Waals surface area contributed by atoms with Crippen molar-refractivity contribution < 1.29 is 8.78 Å². The molecule has 0 saturated heterocycles. The molecule has 0 atom stereocenters. The van der Waals surface area contributed by atoms with E-state index in [9.17, 15) is 8.78 Å². The van der Waals surface area contributed by atoms with Crippen LogP contribution >= 0.6 is 12.2 Å². The average molecular weight is 192 g/mol. The molecular formula is C7H10F2N2S. The van der Waals surface area contributed by atoms with Crippen LogP contribution in [0.4, 0.5) is 8.78 Å². The van der Waals surface area contributed by atoms with Gasteiger partial charge in [-0.15, -0.1) is 0 Å². The third-order valence-electron chi connectivity index (χ3n) is 1.74. The quantitative estimate of drug-likeness (QED) is 0.712. The second-order valence-corrected chi connectivity index (χ2v) is 3.06. The van der Waals surface area contributed by atoms with Crippen molar-refractivity contribution in [1.29, 1.82) is 0 Å². The largest absolute Gasteiger partial charge is 0.301 e. The lowest BCUT2D eigenvalue weighted by molar-refractivity contribution is 0.147. The van der Waals surface area contributed by atoms with E-state index in [1.165, 1.54) is 0 Å². The van der Waals surface area contributed by atoms with Crippen LogP contribution < -0.4 is 0 Å². The summed E-state index contributed by atoms with van der Waals surface area (Å²) in [5.41, 5.74) is 1.27. The lowest BCUT2D eigenvalue weighted by atomic mass is 10.2. The molecule has 0 aliphatic rings. The molecule has 1 aromatic heterocycles. The van der Waals surface area contributed by atoms with Gasteiger partial charge in [0, 0.05) is 18.3 Å². The number of H-pyrrole nitrogens is 1. The minimum Gasteiger partial charge on any atom is -0.301 e. The summed E-state index contributed by atoms with van der Waals surface area (Å²) in [6.45, 7) is 1.75. The summed E-state index contributed by atoms with van der Waals surface area (Å²) in [4.78, 5) is 0. The van der Waals surface area contributed by atoms with E-state index < -0.39 is 6.43 Å². The topological polar surface area (TPSA) is 20.7 Å². The minimum atomic E-state index is -2.32. The van der Waals surface area contributed by atoms with Gasteiger partial charge in [0.1, 0.15) is 4.64 Å². The highest BCUT2D eigenvalue weighted by Gasteiger charge is 2.10. The van der Waals surface area contributed by atoms with Crippen LogP contribution in [-0.4, -0.2) is 16.2 Å². The maximum Gasteiger partial charge on any atom is 0.244 e. The summed E-state index contributed by atoms with van der Waals surface area (Å²) in [7, 11) is 1.71. The Morgan fingerprint density at radius 1 is 1.58 bits per heavy atom. The highest BCUT2D eigenvalue weighted by molar-refractivity contribution is 7.71. The molecule has 0 bridgehead atoms. The van der Waals surface area contributed by atoms with Crippen molar-refractivity contribution in [2.75, 3.05) is 0 Å². The number of hydrogen-bond acceptors (Lipinski definition) is 1. The second-order valence-electron chi connectivity index (χ2n) is 2.67. The summed E-state index contributed by atoms with van der Waals surface area (Å²) in [5.74, 6) is 0. The van der Waals surface area contributed by atoms with Gasteiger partial charge in [-0.05, 0) is 6.92 Å². The molecule has 0 aliphatic carbocycles. The summed E-state index contributed by atoms with van der Waals surface area (Å²) in [5, 5.41) is 2.78. The van der Waals surface area contributed by atoms with Gasteiger partial charge in [-0.2, -0.15) is 0 Å². The summed E-state index contributed by atoms with van der Waals surface area (Å²) in [6.07, 6.45) is -2.58. The molecule has 1 heterocycles. The zero-order chi connectivity index (χ0) is 9.30. The molecule has 0 radical (unpaired) electrons. The van der Waals surface area contributed by atoms with Gasteiger partial charge in [0.25, 0.3) is 0 Å². The summed E-state index contributed by atoms with van der Waals surface area (Å²) >= 11 is 4.95. The molecule has 0 aromatic carbocycles. The van der Waals surface area contributed by atoms with Crippen LogP contribution in [0.2, 0.25) is 0 Å². The Bertz CT molecular complexity index is 327. The molecule has 0 spiro atoms. The molecule has 1 aromatic rings. The highest BCUT2D eigenvalue weighted by Crippen LogP contribution is 2.11. The monoisotopic (exact) mass is 192 g/mol. The van der Waals surface area contributed by atoms with Crippen molar-refractivity contribution >= 4 is 12.2 Å². The molecule has 0 amide bonds. The van der Waals surface area contributed by atoms with E-state index in [2.05, 4.69) is 5.10 Å². The second kappa shape index (κ2) is 3.35. The van der Waals surface area contributed by atoms with E-state index >= 15 is 0 Å². The van der Waals surface area contributed by atoms with Crippen molar-refractivity contribution in [2.24, 2.45) is 7.05 Å². The lowest BCUT2D eigenvalue weighted by Gasteiger charge is -1.96. The van der Waals surface area contributed by atoms with Crippen molar-refractivity contribution in [3.63, 3.8) is 0 Å². The van der Waals surface area contributed by atoms with Crippen LogP contribution in [0.15, 0.2) is 0 Å². The smallest absolute Gasteiger partial charge is 0.244 e. The molecule has 0 unspecified atom stereocenters. The van der Waals surface area contributed by atoms with Gasteiger partial charge < -0.3 is 5.10 Å². The van der Waals surface area contributed by atoms with Gasteiger partial charge in [-0.1, -0.05) is 12.2 Å². The fraction of sp³-hybridized carbons (Fsp3) is 0.571. The number of aryl methyl sites for hydroxylation is 1. The first-order chi connectivity index (χ1) is 5.52. The van der Waals surface area contributed by atoms with E-state index in [1.54, 1.807) is 18.7 Å². The molecule has 0 saturated carbocycles. The Kier molecular flexibility index (Phi) is 2.62. The number of hydrogen-bond donors (Lipinski definition) is 1. The maximum absolute atomic E-state index is 12.0. The molecule has 0 aliphatic heterocycles. The predicted molar refractivity (Wildman–Crippen MR) is 45.0 cm³/mol. The van der Waals surface area contributed by atoms with Crippen molar-refractivity contribution in [3.8, 4) is 0 Å². The van der Waals surface area contributed by atoms with Gasteiger partial charge in [0.2, 0.25) is 6.43 Å². The average Bonchev–Trinajstić information content (AvgIpc) is 2.17. The van der Waals surface area contributed by atoms with Crippen LogP contribution in [0.25, 0.3) is 0 Å². The van der Waals surface area contributed by atoms with E-state index in [4.69, 9.17) is 12.2 Å². The minimum absolute atomic E-state index is 0.254. The number of aromatic amines is 1. The van der Waals surface area contributed by atoms with Crippen LogP contribution in [0, 0.1) is 11.6 Å². The SMILES string of the molecule is Cc1c(CC(F)F)[nH]n(C)c1=S. The molecule has 5 heteroatoms. The number of nitrogens with one attached hydrogen (secondary N) is 1. The number of nitrogens with zero attached hydrogens (tertiary/aromatic N) is 1. The van der Waals surface area contributed by atoms with Gasteiger partial charge >= 0.3 is 0 Å². The van der Waals surface area contributed by atoms with E-state index in [0.717, 1.165) is 5.56 Å². The van der Waals surface area contributed by atoms with E-state index in [0.29, 0.717) is 10.3 Å². The number of aromatic nitrogens is 2. The van der Waals surface area contributed by atoms with Crippen molar-refractivity contribution in [2.45, 2.75) is 19.8 Å². The van der Waals surface area contributed by atoms with Gasteiger partial charge in [0.15, 0.2) is 0 Å². The first-order valence-electron chi connectivity index (χ1n) is 3.55. The Morgan fingerprint density at radius 3 is 2.50 bits per heavy atom. The third-order valence-corrected chi connectivity index (χ3v) is 2.32. The first kappa shape index (κ1) is 9.38. The zero-order valence-electron chi connectivity index (χ0n) is 6.90. The molecule has 68 valence electrons. The summed E-state index contributed by atoms with van der Waals surface area (Å²) in [6, 6.07) is 0. The fourth-order valence-electron chi connectivity index (χ4n) is 1.07. The Labute approximate surface area is 74.2 Å². The maximum atomic E-state index is 12.0. The van der Waals surface area contributed by atoms with E-state index in [1.807, 2.05) is 0 Å². The van der Waals surface area contributed by atoms with E-state index in [-0.39, 0.29) is 6.42 Å². The Balaban J connectivity index is 3.02. The Hall–Kier alpha value is -0.710. The van der Waals surface area contributed by atoms with Gasteiger partial charge in [0.05, 0.1) is 6.42 Å².